The molecule has 5 nitrogen and oxygen atoms in total. The predicted octanol–water partition coefficient (Wildman–Crippen LogP) is 2.36. The van der Waals surface area contributed by atoms with Crippen LogP contribution in [0.2, 0.25) is 0 Å². The molecule has 3 aliphatic rings. The summed E-state index contributed by atoms with van der Waals surface area (Å²) in [7, 11) is 4.10. The first-order valence-electron chi connectivity index (χ1n) is 10.8. The van der Waals surface area contributed by atoms with Crippen molar-refractivity contribution in [3.8, 4) is 0 Å². The minimum atomic E-state index is -0.782. The van der Waals surface area contributed by atoms with Gasteiger partial charge in [-0.05, 0) is 85.0 Å². The van der Waals surface area contributed by atoms with Gasteiger partial charge in [-0.1, -0.05) is 0 Å². The highest BCUT2D eigenvalue weighted by Gasteiger charge is 2.61. The van der Waals surface area contributed by atoms with Crippen LogP contribution in [0.15, 0.2) is 0 Å². The van der Waals surface area contributed by atoms with Crippen LogP contribution in [-0.2, 0) is 9.53 Å². The highest BCUT2D eigenvalue weighted by molar-refractivity contribution is 6.21. The van der Waals surface area contributed by atoms with Gasteiger partial charge in [0.2, 0.25) is 6.41 Å². The molecule has 6 heteroatoms. The van der Waals surface area contributed by atoms with E-state index in [4.69, 9.17) is 16.3 Å². The molecule has 3 rings (SSSR count). The fourth-order valence-corrected chi connectivity index (χ4v) is 6.91. The first kappa shape index (κ1) is 22.3. The number of hydrogen-bond donors (Lipinski definition) is 3. The van der Waals surface area contributed by atoms with E-state index >= 15 is 0 Å². The molecule has 0 bridgehead atoms. The summed E-state index contributed by atoms with van der Waals surface area (Å²) in [5.41, 5.74) is -1.71. The molecule has 2 aliphatic carbocycles. The third-order valence-corrected chi connectivity index (χ3v) is 9.13. The van der Waals surface area contributed by atoms with E-state index < -0.39 is 5.60 Å². The minimum Gasteiger partial charge on any atom is -0.474 e. The van der Waals surface area contributed by atoms with E-state index in [1.807, 2.05) is 12.2 Å². The summed E-state index contributed by atoms with van der Waals surface area (Å²) in [6, 6.07) is -0.0263. The van der Waals surface area contributed by atoms with E-state index in [1.54, 1.807) is 0 Å². The smallest absolute Gasteiger partial charge is 0.207 e. The van der Waals surface area contributed by atoms with Crippen molar-refractivity contribution < 1.29 is 20.0 Å². The van der Waals surface area contributed by atoms with E-state index in [0.29, 0.717) is 0 Å². The second-order valence-electron chi connectivity index (χ2n) is 10.7. The molecule has 162 valence electrons. The van der Waals surface area contributed by atoms with Gasteiger partial charge in [0.25, 0.3) is 0 Å². The van der Waals surface area contributed by atoms with E-state index in [-0.39, 0.29) is 45.9 Å². The van der Waals surface area contributed by atoms with E-state index in [2.05, 4.69) is 40.1 Å². The minimum absolute atomic E-state index is 0.00613. The van der Waals surface area contributed by atoms with E-state index in [0.717, 1.165) is 44.9 Å². The SMILES string of the molecule is [CH2-][NH2+][C@@H]1[C@@H]2[C@@H]([C@@]3(C)CC[C@H](Cl)C(C)(C)O3)CC[C@](C)(NC=O)[C@H]2CC[C@@]1(C)O. The maximum Gasteiger partial charge on any atom is 0.207 e. The molecule has 0 spiro atoms. The molecule has 1 saturated heterocycles. The summed E-state index contributed by atoms with van der Waals surface area (Å²) in [5, 5.41) is 16.3. The Bertz CT molecular complexity index is 598. The molecule has 1 amide bonds. The molecule has 2 saturated carbocycles. The van der Waals surface area contributed by atoms with Gasteiger partial charge in [-0.25, -0.2) is 0 Å². The summed E-state index contributed by atoms with van der Waals surface area (Å²) in [4.78, 5) is 11.4. The van der Waals surface area contributed by atoms with Gasteiger partial charge in [0, 0.05) is 11.5 Å². The van der Waals surface area contributed by atoms with Crippen LogP contribution < -0.4 is 10.6 Å². The lowest BCUT2D eigenvalue weighted by Gasteiger charge is -2.61. The third kappa shape index (κ3) is 3.61. The summed E-state index contributed by atoms with van der Waals surface area (Å²) in [6.45, 7) is 10.5. The molecule has 28 heavy (non-hydrogen) atoms. The van der Waals surface area contributed by atoms with Crippen molar-refractivity contribution >= 4 is 18.0 Å². The van der Waals surface area contributed by atoms with Crippen molar-refractivity contribution in [3.05, 3.63) is 7.05 Å². The van der Waals surface area contributed by atoms with Crippen molar-refractivity contribution in [3.63, 3.8) is 0 Å². The van der Waals surface area contributed by atoms with Gasteiger partial charge in [-0.15, -0.1) is 11.6 Å². The maximum atomic E-state index is 11.4. The molecule has 0 aromatic carbocycles. The zero-order chi connectivity index (χ0) is 21.0. The molecule has 0 aromatic rings. The topological polar surface area (TPSA) is 75.2 Å². The van der Waals surface area contributed by atoms with Crippen LogP contribution in [0.3, 0.4) is 0 Å². The quantitative estimate of drug-likeness (QED) is 0.375. The number of rotatable bonds is 4. The highest BCUT2D eigenvalue weighted by Crippen LogP contribution is 2.56. The van der Waals surface area contributed by atoms with Gasteiger partial charge in [0.05, 0.1) is 22.6 Å². The number of nitrogens with one attached hydrogen (secondary N) is 1. The van der Waals surface area contributed by atoms with Crippen molar-refractivity contribution in [1.29, 1.82) is 0 Å². The lowest BCUT2D eigenvalue weighted by Crippen LogP contribution is -2.93. The number of quaternary nitrogens is 1. The van der Waals surface area contributed by atoms with Crippen molar-refractivity contribution in [2.45, 2.75) is 107 Å². The van der Waals surface area contributed by atoms with Crippen LogP contribution >= 0.6 is 11.6 Å². The van der Waals surface area contributed by atoms with Gasteiger partial charge in [0.1, 0.15) is 5.60 Å². The molecule has 4 N–H and O–H groups in total. The van der Waals surface area contributed by atoms with Crippen LogP contribution in [0.5, 0.6) is 0 Å². The molecule has 0 radical (unpaired) electrons. The standard InChI is InChI=1S/C22H39ClN2O3/c1-19(2)16(23)9-12-22(5,28-19)15-7-10-20(3,25-13-26)14-8-11-21(4,27)18(24-6)17(14)15/h13-18,27H,6-12,24H2,1-5H3,(H,25,26)/t14-,15-,16-,17-,18+,20-,21+,22+/m0/s1. The molecule has 8 atom stereocenters. The molecular weight excluding hydrogens is 376 g/mol. The van der Waals surface area contributed by atoms with E-state index in [9.17, 15) is 9.90 Å². The van der Waals surface area contributed by atoms with Crippen LogP contribution in [0, 0.1) is 24.8 Å². The van der Waals surface area contributed by atoms with Gasteiger partial charge >= 0.3 is 0 Å². The van der Waals surface area contributed by atoms with Crippen molar-refractivity contribution in [2.24, 2.45) is 17.8 Å². The number of ether oxygens (including phenoxy) is 1. The fourth-order valence-electron chi connectivity index (χ4n) is 6.75. The Morgan fingerprint density at radius 2 is 1.75 bits per heavy atom. The number of fused-ring (bicyclic) bond motifs is 1. The van der Waals surface area contributed by atoms with Gasteiger partial charge < -0.3 is 20.5 Å². The van der Waals surface area contributed by atoms with Crippen molar-refractivity contribution in [2.75, 3.05) is 0 Å². The maximum absolute atomic E-state index is 11.4. The molecule has 3 fully saturated rings. The summed E-state index contributed by atoms with van der Waals surface area (Å²) >= 11 is 6.57. The number of halogens is 1. The van der Waals surface area contributed by atoms with Crippen molar-refractivity contribution in [1.82, 2.24) is 5.32 Å². The lowest BCUT2D eigenvalue weighted by atomic mass is 9.50. The number of carbonyl (C=O) groups excluding carboxylic acids is 1. The Hall–Kier alpha value is -0.360. The molecule has 0 aromatic heterocycles. The Balaban J connectivity index is 2.00. The zero-order valence-electron chi connectivity index (χ0n) is 18.1. The second kappa shape index (κ2) is 7.40. The van der Waals surface area contributed by atoms with Gasteiger partial charge in [-0.2, -0.15) is 7.05 Å². The number of carbonyl (C=O) groups is 1. The Kier molecular flexibility index (Phi) is 5.90. The summed E-state index contributed by atoms with van der Waals surface area (Å²) < 4.78 is 6.71. The average Bonchev–Trinajstić information content (AvgIpc) is 2.57. The largest absolute Gasteiger partial charge is 0.474 e. The summed E-state index contributed by atoms with van der Waals surface area (Å²) in [5.74, 6) is 0.786. The monoisotopic (exact) mass is 414 g/mol. The van der Waals surface area contributed by atoms with E-state index in [1.165, 1.54) is 0 Å². The Morgan fingerprint density at radius 3 is 2.32 bits per heavy atom. The van der Waals surface area contributed by atoms with Crippen LogP contribution in [0.4, 0.5) is 0 Å². The molecule has 1 heterocycles. The first-order chi connectivity index (χ1) is 12.9. The van der Waals surface area contributed by atoms with Gasteiger partial charge in [0.15, 0.2) is 0 Å². The Morgan fingerprint density at radius 1 is 1.11 bits per heavy atom. The van der Waals surface area contributed by atoms with Gasteiger partial charge in [-0.3, -0.25) is 4.79 Å². The summed E-state index contributed by atoms with van der Waals surface area (Å²) in [6.07, 6.45) is 6.19. The number of nitrogens with two attached hydrogens (primary N) is 1. The lowest BCUT2D eigenvalue weighted by molar-refractivity contribution is -0.666. The van der Waals surface area contributed by atoms with Crippen LogP contribution in [-0.4, -0.2) is 45.3 Å². The normalized spacial score (nSPS) is 51.2. The van der Waals surface area contributed by atoms with Crippen LogP contribution in [0.25, 0.3) is 0 Å². The number of hydrogen-bond acceptors (Lipinski definition) is 3. The Labute approximate surface area is 175 Å². The molecular formula is C22H39ClN2O3. The molecule has 0 unspecified atom stereocenters. The number of aliphatic hydroxyl groups is 1. The third-order valence-electron chi connectivity index (χ3n) is 8.39. The second-order valence-corrected chi connectivity index (χ2v) is 11.2. The zero-order valence-corrected chi connectivity index (χ0v) is 18.9. The molecule has 1 aliphatic heterocycles. The predicted molar refractivity (Wildman–Crippen MR) is 111 cm³/mol. The van der Waals surface area contributed by atoms with Crippen LogP contribution in [0.1, 0.15) is 73.1 Å². The highest BCUT2D eigenvalue weighted by atomic mass is 35.5. The first-order valence-corrected chi connectivity index (χ1v) is 11.2. The number of alkyl halides is 1. The fraction of sp³-hybridized carbons (Fsp3) is 0.909. The average molecular weight is 415 g/mol. The number of amides is 1.